The molecule has 17 heavy (non-hydrogen) atoms. The monoisotopic (exact) mass is 264 g/mol. The molecule has 0 N–H and O–H groups in total. The summed E-state index contributed by atoms with van der Waals surface area (Å²) >= 11 is 5.62. The van der Waals surface area contributed by atoms with Crippen LogP contribution < -0.4 is 0 Å². The summed E-state index contributed by atoms with van der Waals surface area (Å²) in [6, 6.07) is 4.38. The number of alkyl halides is 4. The predicted molar refractivity (Wildman–Crippen MR) is 60.3 cm³/mol. The number of rotatable bonds is 3. The number of carbonyl (C=O) groups excluding carboxylic acids is 1. The van der Waals surface area contributed by atoms with Gasteiger partial charge in [-0.2, -0.15) is 13.2 Å². The molecule has 1 rings (SSSR count). The molecule has 0 saturated heterocycles. The molecule has 0 spiro atoms. The maximum absolute atomic E-state index is 12.5. The number of Topliss-reactive ketones (excluding diaryl/α,β-unsaturated/α-hetero) is 1. The Kier molecular flexibility index (Phi) is 3.87. The average Bonchev–Trinajstić information content (AvgIpc) is 2.27. The molecule has 1 nitrogen and oxygen atoms in total. The van der Waals surface area contributed by atoms with Gasteiger partial charge in [0.1, 0.15) is 0 Å². The van der Waals surface area contributed by atoms with Gasteiger partial charge in [-0.25, -0.2) is 0 Å². The molecule has 0 amide bonds. The molecular formula is C12H12ClF3O. The SMILES string of the molecule is CC(C)(CCl)C(=O)c1cccc(C(F)(F)F)c1. The number of hydrogen-bond acceptors (Lipinski definition) is 1. The Morgan fingerprint density at radius 2 is 1.88 bits per heavy atom. The number of hydrogen-bond donors (Lipinski definition) is 0. The maximum atomic E-state index is 12.5. The topological polar surface area (TPSA) is 17.1 Å². The molecule has 0 bridgehead atoms. The third-order valence-electron chi connectivity index (χ3n) is 2.40. The van der Waals surface area contributed by atoms with Crippen molar-refractivity contribution in [3.63, 3.8) is 0 Å². The zero-order valence-electron chi connectivity index (χ0n) is 9.44. The summed E-state index contributed by atoms with van der Waals surface area (Å²) in [5, 5.41) is 0. The van der Waals surface area contributed by atoms with Crippen molar-refractivity contribution < 1.29 is 18.0 Å². The lowest BCUT2D eigenvalue weighted by atomic mass is 9.86. The van der Waals surface area contributed by atoms with Gasteiger partial charge in [0.2, 0.25) is 0 Å². The summed E-state index contributed by atoms with van der Waals surface area (Å²) in [6.07, 6.45) is -4.44. The minimum Gasteiger partial charge on any atom is -0.294 e. The first-order chi connectivity index (χ1) is 7.68. The molecule has 0 saturated carbocycles. The molecule has 0 heterocycles. The highest BCUT2D eigenvalue weighted by Crippen LogP contribution is 2.31. The van der Waals surface area contributed by atoms with E-state index >= 15 is 0 Å². The van der Waals surface area contributed by atoms with Crippen LogP contribution in [0.4, 0.5) is 13.2 Å². The van der Waals surface area contributed by atoms with E-state index in [-0.39, 0.29) is 11.4 Å². The smallest absolute Gasteiger partial charge is 0.294 e. The fourth-order valence-electron chi connectivity index (χ4n) is 1.29. The van der Waals surface area contributed by atoms with Gasteiger partial charge in [0.05, 0.1) is 5.56 Å². The summed E-state index contributed by atoms with van der Waals surface area (Å²) in [4.78, 5) is 11.9. The quantitative estimate of drug-likeness (QED) is 0.592. The lowest BCUT2D eigenvalue weighted by molar-refractivity contribution is -0.137. The van der Waals surface area contributed by atoms with Crippen LogP contribution in [0.25, 0.3) is 0 Å². The molecule has 0 aliphatic carbocycles. The minimum atomic E-state index is -4.44. The third-order valence-corrected chi connectivity index (χ3v) is 3.07. The number of halogens is 4. The van der Waals surface area contributed by atoms with E-state index in [2.05, 4.69) is 0 Å². The van der Waals surface area contributed by atoms with Crippen LogP contribution in [0.15, 0.2) is 24.3 Å². The Bertz CT molecular complexity index is 424. The second-order valence-corrected chi connectivity index (χ2v) is 4.69. The molecule has 0 aliphatic heterocycles. The van der Waals surface area contributed by atoms with Crippen LogP contribution >= 0.6 is 11.6 Å². The van der Waals surface area contributed by atoms with Crippen LogP contribution in [0.1, 0.15) is 29.8 Å². The van der Waals surface area contributed by atoms with E-state index in [1.807, 2.05) is 0 Å². The fraction of sp³-hybridized carbons (Fsp3) is 0.417. The largest absolute Gasteiger partial charge is 0.416 e. The van der Waals surface area contributed by atoms with Crippen LogP contribution in [0.5, 0.6) is 0 Å². The van der Waals surface area contributed by atoms with Crippen molar-refractivity contribution in [2.45, 2.75) is 20.0 Å². The second kappa shape index (κ2) is 4.69. The van der Waals surface area contributed by atoms with Gasteiger partial charge in [-0.05, 0) is 12.1 Å². The average molecular weight is 265 g/mol. The van der Waals surface area contributed by atoms with Gasteiger partial charge >= 0.3 is 6.18 Å². The fourth-order valence-corrected chi connectivity index (χ4v) is 1.41. The number of benzene rings is 1. The van der Waals surface area contributed by atoms with Crippen molar-refractivity contribution in [2.24, 2.45) is 5.41 Å². The number of ketones is 1. The van der Waals surface area contributed by atoms with E-state index in [4.69, 9.17) is 11.6 Å². The first-order valence-corrected chi connectivity index (χ1v) is 5.50. The second-order valence-electron chi connectivity index (χ2n) is 4.43. The van der Waals surface area contributed by atoms with Crippen LogP contribution in [0, 0.1) is 5.41 Å². The van der Waals surface area contributed by atoms with Gasteiger partial charge in [-0.15, -0.1) is 11.6 Å². The maximum Gasteiger partial charge on any atom is 0.416 e. The highest BCUT2D eigenvalue weighted by Gasteiger charge is 2.33. The molecule has 1 aromatic rings. The van der Waals surface area contributed by atoms with Gasteiger partial charge in [-0.3, -0.25) is 4.79 Å². The normalized spacial score (nSPS) is 12.6. The predicted octanol–water partition coefficient (Wildman–Crippen LogP) is 4.15. The van der Waals surface area contributed by atoms with Gasteiger partial charge in [0.15, 0.2) is 5.78 Å². The van der Waals surface area contributed by atoms with E-state index in [1.165, 1.54) is 12.1 Å². The molecule has 0 aromatic heterocycles. The Hall–Kier alpha value is -1.03. The van der Waals surface area contributed by atoms with E-state index < -0.39 is 22.9 Å². The third kappa shape index (κ3) is 3.22. The van der Waals surface area contributed by atoms with Crippen molar-refractivity contribution in [3.05, 3.63) is 35.4 Å². The molecule has 94 valence electrons. The Morgan fingerprint density at radius 1 is 1.29 bits per heavy atom. The molecule has 0 aliphatic rings. The van der Waals surface area contributed by atoms with Gasteiger partial charge in [0.25, 0.3) is 0 Å². The van der Waals surface area contributed by atoms with Crippen molar-refractivity contribution in [3.8, 4) is 0 Å². The molecule has 0 unspecified atom stereocenters. The molecule has 0 atom stereocenters. The van der Waals surface area contributed by atoms with Crippen LogP contribution in [0.2, 0.25) is 0 Å². The summed E-state index contributed by atoms with van der Waals surface area (Å²) in [5.74, 6) is -0.333. The summed E-state index contributed by atoms with van der Waals surface area (Å²) in [6.45, 7) is 3.20. The lowest BCUT2D eigenvalue weighted by Gasteiger charge is -2.20. The molecule has 1 aromatic carbocycles. The highest BCUT2D eigenvalue weighted by atomic mass is 35.5. The van der Waals surface area contributed by atoms with Crippen LogP contribution in [0.3, 0.4) is 0 Å². The zero-order chi connectivity index (χ0) is 13.3. The van der Waals surface area contributed by atoms with Gasteiger partial charge in [0, 0.05) is 16.9 Å². The molecular weight excluding hydrogens is 253 g/mol. The number of carbonyl (C=O) groups is 1. The van der Waals surface area contributed by atoms with Gasteiger partial charge in [-0.1, -0.05) is 26.0 Å². The summed E-state index contributed by atoms with van der Waals surface area (Å²) in [5.41, 5.74) is -1.66. The molecule has 5 heteroatoms. The van der Waals surface area contributed by atoms with Crippen molar-refractivity contribution in [1.82, 2.24) is 0 Å². The van der Waals surface area contributed by atoms with Crippen molar-refractivity contribution in [2.75, 3.05) is 5.88 Å². The Balaban J connectivity index is 3.13. The van der Waals surface area contributed by atoms with E-state index in [1.54, 1.807) is 13.8 Å². The van der Waals surface area contributed by atoms with Crippen LogP contribution in [-0.2, 0) is 6.18 Å². The summed E-state index contributed by atoms with van der Waals surface area (Å²) < 4.78 is 37.4. The first kappa shape index (κ1) is 14.0. The highest BCUT2D eigenvalue weighted by molar-refractivity contribution is 6.21. The lowest BCUT2D eigenvalue weighted by Crippen LogP contribution is -2.26. The van der Waals surface area contributed by atoms with Crippen LogP contribution in [-0.4, -0.2) is 11.7 Å². The Labute approximate surface area is 103 Å². The van der Waals surface area contributed by atoms with Crippen molar-refractivity contribution in [1.29, 1.82) is 0 Å². The molecule has 0 fully saturated rings. The standard InChI is InChI=1S/C12H12ClF3O/c1-11(2,7-13)10(17)8-4-3-5-9(6-8)12(14,15)16/h3-6H,7H2,1-2H3. The zero-order valence-corrected chi connectivity index (χ0v) is 10.2. The summed E-state index contributed by atoms with van der Waals surface area (Å²) in [7, 11) is 0. The van der Waals surface area contributed by atoms with Crippen molar-refractivity contribution >= 4 is 17.4 Å². The molecule has 0 radical (unpaired) electrons. The minimum absolute atomic E-state index is 0.0328. The van der Waals surface area contributed by atoms with Gasteiger partial charge < -0.3 is 0 Å². The Morgan fingerprint density at radius 3 is 2.35 bits per heavy atom. The van der Waals surface area contributed by atoms with E-state index in [0.29, 0.717) is 0 Å². The van der Waals surface area contributed by atoms with E-state index in [9.17, 15) is 18.0 Å². The van der Waals surface area contributed by atoms with E-state index in [0.717, 1.165) is 12.1 Å². The first-order valence-electron chi connectivity index (χ1n) is 4.96.